The number of nitrogens with zero attached hydrogens (tertiary/aromatic N) is 3. The first-order valence-corrected chi connectivity index (χ1v) is 6.60. The van der Waals surface area contributed by atoms with Crippen LogP contribution in [-0.2, 0) is 13.1 Å². The smallest absolute Gasteiger partial charge is 0.143 e. The van der Waals surface area contributed by atoms with Gasteiger partial charge in [-0.15, -0.1) is 0 Å². The van der Waals surface area contributed by atoms with Gasteiger partial charge in [-0.05, 0) is 18.6 Å². The van der Waals surface area contributed by atoms with Crippen LogP contribution in [-0.4, -0.2) is 16.9 Å². The topological polar surface area (TPSA) is 62.9 Å². The molecule has 0 amide bonds. The Labute approximate surface area is 118 Å². The fraction of sp³-hybridized carbons (Fsp3) is 0.333. The number of nitriles is 1. The molecule has 0 saturated carbocycles. The fourth-order valence-electron chi connectivity index (χ4n) is 2.02. The van der Waals surface area contributed by atoms with Crippen LogP contribution in [0.3, 0.4) is 0 Å². The number of para-hydroxylation sites is 1. The zero-order chi connectivity index (χ0) is 14.4. The average Bonchev–Trinajstić information content (AvgIpc) is 2.92. The number of methoxy groups -OCH3 is 1. The Hall–Kier alpha value is -2.48. The van der Waals surface area contributed by atoms with Crippen molar-refractivity contribution in [1.82, 2.24) is 9.78 Å². The summed E-state index contributed by atoms with van der Waals surface area (Å²) in [5.41, 5.74) is 2.37. The fourth-order valence-corrected chi connectivity index (χ4v) is 2.02. The van der Waals surface area contributed by atoms with E-state index in [4.69, 9.17) is 10.00 Å². The molecule has 2 aromatic rings. The second-order valence-corrected chi connectivity index (χ2v) is 4.46. The van der Waals surface area contributed by atoms with E-state index in [1.54, 1.807) is 13.2 Å². The maximum atomic E-state index is 9.15. The van der Waals surface area contributed by atoms with Crippen molar-refractivity contribution in [3.63, 3.8) is 0 Å². The van der Waals surface area contributed by atoms with Crippen LogP contribution in [0.25, 0.3) is 0 Å². The summed E-state index contributed by atoms with van der Waals surface area (Å²) in [5, 5.41) is 16.7. The average molecular weight is 270 g/mol. The number of hydrogen-bond donors (Lipinski definition) is 1. The van der Waals surface area contributed by atoms with Gasteiger partial charge in [-0.2, -0.15) is 10.4 Å². The third kappa shape index (κ3) is 3.09. The predicted octanol–water partition coefficient (Wildman–Crippen LogP) is 2.79. The summed E-state index contributed by atoms with van der Waals surface area (Å²) in [5.74, 6) is 0.671. The van der Waals surface area contributed by atoms with E-state index in [9.17, 15) is 0 Å². The first-order chi connectivity index (χ1) is 9.78. The molecule has 0 atom stereocenters. The number of ether oxygens (including phenoxy) is 1. The van der Waals surface area contributed by atoms with E-state index in [0.717, 1.165) is 24.2 Å². The summed E-state index contributed by atoms with van der Waals surface area (Å²) in [6.45, 7) is 3.64. The normalized spacial score (nSPS) is 10.1. The van der Waals surface area contributed by atoms with Crippen LogP contribution in [0.15, 0.2) is 30.6 Å². The van der Waals surface area contributed by atoms with Crippen LogP contribution >= 0.6 is 0 Å². The van der Waals surface area contributed by atoms with Gasteiger partial charge in [0.05, 0.1) is 24.6 Å². The lowest BCUT2D eigenvalue weighted by Crippen LogP contribution is -2.03. The van der Waals surface area contributed by atoms with Crippen molar-refractivity contribution < 1.29 is 4.74 Å². The van der Waals surface area contributed by atoms with Crippen molar-refractivity contribution in [3.8, 4) is 11.8 Å². The Morgan fingerprint density at radius 2 is 2.30 bits per heavy atom. The van der Waals surface area contributed by atoms with Crippen molar-refractivity contribution in [2.24, 2.45) is 0 Å². The molecule has 0 aliphatic heterocycles. The van der Waals surface area contributed by atoms with Gasteiger partial charge < -0.3 is 10.1 Å². The van der Waals surface area contributed by atoms with Crippen LogP contribution in [0, 0.1) is 11.3 Å². The monoisotopic (exact) mass is 270 g/mol. The Morgan fingerprint density at radius 1 is 1.45 bits per heavy atom. The minimum atomic E-state index is 0.574. The molecule has 0 spiro atoms. The van der Waals surface area contributed by atoms with Crippen LogP contribution in [0.1, 0.15) is 24.5 Å². The molecule has 0 aliphatic carbocycles. The third-order valence-corrected chi connectivity index (χ3v) is 2.98. The highest BCUT2D eigenvalue weighted by atomic mass is 16.5. The summed E-state index contributed by atoms with van der Waals surface area (Å²) in [6, 6.07) is 7.58. The van der Waals surface area contributed by atoms with Gasteiger partial charge in [0.2, 0.25) is 0 Å². The number of nitrogens with one attached hydrogen (secondary N) is 1. The Morgan fingerprint density at radius 3 is 3.00 bits per heavy atom. The number of aromatic nitrogens is 2. The van der Waals surface area contributed by atoms with Crippen molar-refractivity contribution in [2.45, 2.75) is 26.4 Å². The highest BCUT2D eigenvalue weighted by Crippen LogP contribution is 2.28. The summed E-state index contributed by atoms with van der Waals surface area (Å²) in [6.07, 6.45) is 4.90. The second-order valence-electron chi connectivity index (χ2n) is 4.46. The molecule has 5 nitrogen and oxygen atoms in total. The molecule has 20 heavy (non-hydrogen) atoms. The van der Waals surface area contributed by atoms with Crippen LogP contribution in [0.2, 0.25) is 0 Å². The number of rotatable bonds is 6. The summed E-state index contributed by atoms with van der Waals surface area (Å²) in [4.78, 5) is 0. The molecular weight excluding hydrogens is 252 g/mol. The lowest BCUT2D eigenvalue weighted by molar-refractivity contribution is 0.416. The van der Waals surface area contributed by atoms with E-state index in [2.05, 4.69) is 23.4 Å². The first kappa shape index (κ1) is 13.9. The molecule has 1 aromatic carbocycles. The van der Waals surface area contributed by atoms with Crippen LogP contribution in [0.4, 0.5) is 5.69 Å². The van der Waals surface area contributed by atoms with Crippen molar-refractivity contribution in [1.29, 1.82) is 5.26 Å². The van der Waals surface area contributed by atoms with E-state index < -0.39 is 0 Å². The summed E-state index contributed by atoms with van der Waals surface area (Å²) in [7, 11) is 1.60. The van der Waals surface area contributed by atoms with Gasteiger partial charge in [0.15, 0.2) is 0 Å². The molecule has 104 valence electrons. The Balaban J connectivity index is 2.12. The highest BCUT2D eigenvalue weighted by molar-refractivity contribution is 5.66. The van der Waals surface area contributed by atoms with E-state index in [0.29, 0.717) is 17.9 Å². The molecular formula is C15H18N4O. The van der Waals surface area contributed by atoms with E-state index >= 15 is 0 Å². The Kier molecular flexibility index (Phi) is 4.61. The lowest BCUT2D eigenvalue weighted by atomic mass is 10.1. The quantitative estimate of drug-likeness (QED) is 0.876. The van der Waals surface area contributed by atoms with Gasteiger partial charge in [-0.3, -0.25) is 4.68 Å². The lowest BCUT2D eigenvalue weighted by Gasteiger charge is -2.11. The van der Waals surface area contributed by atoms with Crippen molar-refractivity contribution in [2.75, 3.05) is 12.4 Å². The molecule has 1 aromatic heterocycles. The molecule has 0 saturated heterocycles. The number of hydrogen-bond acceptors (Lipinski definition) is 4. The van der Waals surface area contributed by atoms with Crippen molar-refractivity contribution >= 4 is 5.69 Å². The number of anilines is 1. The highest BCUT2D eigenvalue weighted by Gasteiger charge is 2.08. The van der Waals surface area contributed by atoms with Gasteiger partial charge in [-0.25, -0.2) is 0 Å². The van der Waals surface area contributed by atoms with E-state index in [1.165, 1.54) is 0 Å². The maximum absolute atomic E-state index is 9.15. The summed E-state index contributed by atoms with van der Waals surface area (Å²) < 4.78 is 7.21. The minimum Gasteiger partial charge on any atom is -0.495 e. The second kappa shape index (κ2) is 6.62. The molecule has 1 heterocycles. The van der Waals surface area contributed by atoms with E-state index in [1.807, 2.05) is 29.2 Å². The molecule has 1 N–H and O–H groups in total. The van der Waals surface area contributed by atoms with Gasteiger partial charge in [-0.1, -0.05) is 13.0 Å². The molecule has 0 unspecified atom stereocenters. The zero-order valence-corrected chi connectivity index (χ0v) is 11.8. The molecule has 2 rings (SSSR count). The molecule has 5 heteroatoms. The zero-order valence-electron chi connectivity index (χ0n) is 11.8. The Bertz CT molecular complexity index is 613. The molecule has 0 fully saturated rings. The first-order valence-electron chi connectivity index (χ1n) is 6.60. The SMILES string of the molecule is CCCn1cc(CNc2c(C#N)cccc2OC)cn1. The molecule has 0 bridgehead atoms. The largest absolute Gasteiger partial charge is 0.495 e. The molecule has 0 radical (unpaired) electrons. The van der Waals surface area contributed by atoms with Crippen molar-refractivity contribution in [3.05, 3.63) is 41.7 Å². The van der Waals surface area contributed by atoms with Gasteiger partial charge in [0, 0.05) is 24.8 Å². The van der Waals surface area contributed by atoms with Crippen LogP contribution < -0.4 is 10.1 Å². The number of aryl methyl sites for hydroxylation is 1. The standard InChI is InChI=1S/C15H18N4O/c1-3-7-19-11-12(10-18-19)9-17-15-13(8-16)5-4-6-14(15)20-2/h4-6,10-11,17H,3,7,9H2,1-2H3. The molecule has 0 aliphatic rings. The van der Waals surface area contributed by atoms with Gasteiger partial charge in [0.25, 0.3) is 0 Å². The predicted molar refractivity (Wildman–Crippen MR) is 77.6 cm³/mol. The number of benzene rings is 1. The maximum Gasteiger partial charge on any atom is 0.143 e. The van der Waals surface area contributed by atoms with Gasteiger partial charge in [0.1, 0.15) is 11.8 Å². The van der Waals surface area contributed by atoms with Gasteiger partial charge >= 0.3 is 0 Å². The third-order valence-electron chi connectivity index (χ3n) is 2.98. The minimum absolute atomic E-state index is 0.574. The van der Waals surface area contributed by atoms with Crippen LogP contribution in [0.5, 0.6) is 5.75 Å². The summed E-state index contributed by atoms with van der Waals surface area (Å²) >= 11 is 0. The van der Waals surface area contributed by atoms with E-state index in [-0.39, 0.29) is 0 Å².